The van der Waals surface area contributed by atoms with Crippen LogP contribution in [0.5, 0.6) is 0 Å². The molecule has 5 heteroatoms. The van der Waals surface area contributed by atoms with Crippen molar-refractivity contribution in [2.75, 3.05) is 12.8 Å². The average molecular weight is 363 g/mol. The van der Waals surface area contributed by atoms with E-state index in [0.29, 0.717) is 17.6 Å². The fourth-order valence-electron chi connectivity index (χ4n) is 2.02. The summed E-state index contributed by atoms with van der Waals surface area (Å²) in [6, 6.07) is 0. The van der Waals surface area contributed by atoms with Gasteiger partial charge in [0.25, 0.3) is 0 Å². The van der Waals surface area contributed by atoms with E-state index in [1.165, 1.54) is 0 Å². The Morgan fingerprint density at radius 1 is 1.28 bits per heavy atom. The Hall–Kier alpha value is -0.430. The summed E-state index contributed by atoms with van der Waals surface area (Å²) < 4.78 is 6.62. The molecule has 2 N–H and O–H groups in total. The zero-order valence-electron chi connectivity index (χ0n) is 11.7. The lowest BCUT2D eigenvalue weighted by Gasteiger charge is -2.29. The van der Waals surface area contributed by atoms with E-state index in [1.54, 1.807) is 7.11 Å². The van der Waals surface area contributed by atoms with Crippen molar-refractivity contribution in [3.63, 3.8) is 0 Å². The monoisotopic (exact) mass is 363 g/mol. The SMILES string of the molecule is CCC(CC)(OC)c1nc(N)c(I)c(C(C)C)n1. The summed E-state index contributed by atoms with van der Waals surface area (Å²) in [5, 5.41) is 0. The van der Waals surface area contributed by atoms with Gasteiger partial charge in [-0.1, -0.05) is 27.7 Å². The van der Waals surface area contributed by atoms with Gasteiger partial charge < -0.3 is 10.5 Å². The Bertz CT molecular complexity index is 409. The molecule has 0 amide bonds. The fraction of sp³-hybridized carbons (Fsp3) is 0.692. The Kier molecular flexibility index (Phi) is 5.33. The number of nitrogens with two attached hydrogens (primary N) is 1. The summed E-state index contributed by atoms with van der Waals surface area (Å²) >= 11 is 2.21. The standard InChI is InChI=1S/C13H22IN3O/c1-6-13(7-2,18-5)12-16-10(8(3)4)9(14)11(15)17-12/h8H,6-7H2,1-5H3,(H2,15,16,17). The van der Waals surface area contributed by atoms with E-state index in [1.807, 2.05) is 0 Å². The maximum absolute atomic E-state index is 6.01. The molecule has 0 bridgehead atoms. The minimum atomic E-state index is -0.428. The van der Waals surface area contributed by atoms with E-state index in [4.69, 9.17) is 15.5 Å². The smallest absolute Gasteiger partial charge is 0.162 e. The van der Waals surface area contributed by atoms with Crippen LogP contribution in [-0.2, 0) is 10.3 Å². The van der Waals surface area contributed by atoms with Crippen LogP contribution in [0.15, 0.2) is 0 Å². The quantitative estimate of drug-likeness (QED) is 0.814. The van der Waals surface area contributed by atoms with Crippen LogP contribution in [0.4, 0.5) is 5.82 Å². The molecule has 1 rings (SSSR count). The number of hydrogen-bond acceptors (Lipinski definition) is 4. The molecule has 0 unspecified atom stereocenters. The van der Waals surface area contributed by atoms with E-state index in [9.17, 15) is 0 Å². The number of hydrogen-bond donors (Lipinski definition) is 1. The molecule has 0 saturated carbocycles. The minimum absolute atomic E-state index is 0.323. The molecule has 1 aromatic heterocycles. The Labute approximate surface area is 123 Å². The van der Waals surface area contributed by atoms with Crippen LogP contribution < -0.4 is 5.73 Å². The van der Waals surface area contributed by atoms with E-state index < -0.39 is 5.60 Å². The molecule has 0 atom stereocenters. The van der Waals surface area contributed by atoms with Gasteiger partial charge in [-0.25, -0.2) is 9.97 Å². The first kappa shape index (κ1) is 15.6. The molecule has 0 saturated heterocycles. The van der Waals surface area contributed by atoms with Gasteiger partial charge in [0.2, 0.25) is 0 Å². The van der Waals surface area contributed by atoms with Crippen LogP contribution in [0.2, 0.25) is 0 Å². The molecule has 102 valence electrons. The van der Waals surface area contributed by atoms with Gasteiger partial charge in [0.15, 0.2) is 5.82 Å². The van der Waals surface area contributed by atoms with Gasteiger partial charge in [-0.15, -0.1) is 0 Å². The lowest BCUT2D eigenvalue weighted by atomic mass is 9.95. The third-order valence-electron chi connectivity index (χ3n) is 3.39. The molecule has 0 aliphatic rings. The van der Waals surface area contributed by atoms with E-state index in [-0.39, 0.29) is 0 Å². The number of aromatic nitrogens is 2. The molecule has 0 aromatic carbocycles. The van der Waals surface area contributed by atoms with Crippen molar-refractivity contribution in [3.8, 4) is 0 Å². The molecule has 1 aromatic rings. The summed E-state index contributed by atoms with van der Waals surface area (Å²) in [5.41, 5.74) is 6.58. The fourth-order valence-corrected chi connectivity index (χ4v) is 2.88. The number of methoxy groups -OCH3 is 1. The number of anilines is 1. The highest BCUT2D eigenvalue weighted by atomic mass is 127. The lowest BCUT2D eigenvalue weighted by molar-refractivity contribution is -0.0292. The van der Waals surface area contributed by atoms with Crippen LogP contribution in [0.3, 0.4) is 0 Å². The van der Waals surface area contributed by atoms with Gasteiger partial charge in [0.1, 0.15) is 11.4 Å². The van der Waals surface area contributed by atoms with Crippen molar-refractivity contribution in [2.45, 2.75) is 52.1 Å². The highest BCUT2D eigenvalue weighted by Gasteiger charge is 2.32. The number of ether oxygens (including phenoxy) is 1. The van der Waals surface area contributed by atoms with Crippen LogP contribution in [0.1, 0.15) is 58.0 Å². The molecular weight excluding hydrogens is 341 g/mol. The van der Waals surface area contributed by atoms with Crippen molar-refractivity contribution in [2.24, 2.45) is 0 Å². The number of nitrogens with zero attached hydrogens (tertiary/aromatic N) is 2. The second-order valence-electron chi connectivity index (χ2n) is 4.69. The second-order valence-corrected chi connectivity index (χ2v) is 5.77. The first-order chi connectivity index (χ1) is 8.41. The van der Waals surface area contributed by atoms with Crippen LogP contribution in [-0.4, -0.2) is 17.1 Å². The largest absolute Gasteiger partial charge is 0.383 e. The number of halogens is 1. The molecule has 18 heavy (non-hydrogen) atoms. The van der Waals surface area contributed by atoms with Crippen molar-refractivity contribution in [1.82, 2.24) is 9.97 Å². The van der Waals surface area contributed by atoms with E-state index in [2.05, 4.69) is 55.3 Å². The first-order valence-electron chi connectivity index (χ1n) is 6.30. The highest BCUT2D eigenvalue weighted by molar-refractivity contribution is 14.1. The zero-order chi connectivity index (χ0) is 13.9. The molecule has 1 heterocycles. The first-order valence-corrected chi connectivity index (χ1v) is 7.38. The molecule has 0 fully saturated rings. The third kappa shape index (κ3) is 2.77. The van der Waals surface area contributed by atoms with Gasteiger partial charge in [0, 0.05) is 7.11 Å². The zero-order valence-corrected chi connectivity index (χ0v) is 13.9. The molecule has 0 aliphatic carbocycles. The van der Waals surface area contributed by atoms with E-state index in [0.717, 1.165) is 22.1 Å². The minimum Gasteiger partial charge on any atom is -0.383 e. The van der Waals surface area contributed by atoms with Gasteiger partial charge in [-0.05, 0) is 41.4 Å². The summed E-state index contributed by atoms with van der Waals surface area (Å²) in [4.78, 5) is 9.13. The third-order valence-corrected chi connectivity index (χ3v) is 4.50. The van der Waals surface area contributed by atoms with Crippen molar-refractivity contribution in [3.05, 3.63) is 15.1 Å². The predicted molar refractivity (Wildman–Crippen MR) is 82.5 cm³/mol. The predicted octanol–water partition coefficient (Wildman–Crippen LogP) is 3.45. The maximum Gasteiger partial charge on any atom is 0.162 e. The topological polar surface area (TPSA) is 61.0 Å². The molecule has 0 aliphatic heterocycles. The maximum atomic E-state index is 6.01. The Morgan fingerprint density at radius 2 is 1.83 bits per heavy atom. The van der Waals surface area contributed by atoms with Gasteiger partial charge >= 0.3 is 0 Å². The van der Waals surface area contributed by atoms with Crippen molar-refractivity contribution in [1.29, 1.82) is 0 Å². The molecule has 4 nitrogen and oxygen atoms in total. The Balaban J connectivity index is 3.42. The average Bonchev–Trinajstić information content (AvgIpc) is 2.35. The van der Waals surface area contributed by atoms with Crippen molar-refractivity contribution >= 4 is 28.4 Å². The summed E-state index contributed by atoms with van der Waals surface area (Å²) in [6.45, 7) is 8.39. The summed E-state index contributed by atoms with van der Waals surface area (Å²) in [6.07, 6.45) is 1.66. The van der Waals surface area contributed by atoms with Gasteiger partial charge in [0.05, 0.1) is 9.26 Å². The van der Waals surface area contributed by atoms with Crippen LogP contribution in [0, 0.1) is 3.57 Å². The normalized spacial score (nSPS) is 12.2. The molecule has 0 radical (unpaired) electrons. The second kappa shape index (κ2) is 6.14. The number of rotatable bonds is 5. The lowest BCUT2D eigenvalue weighted by Crippen LogP contribution is -2.30. The highest BCUT2D eigenvalue weighted by Crippen LogP contribution is 2.33. The van der Waals surface area contributed by atoms with Gasteiger partial charge in [-0.2, -0.15) is 0 Å². The van der Waals surface area contributed by atoms with Crippen LogP contribution >= 0.6 is 22.6 Å². The van der Waals surface area contributed by atoms with Crippen LogP contribution in [0.25, 0.3) is 0 Å². The van der Waals surface area contributed by atoms with Crippen molar-refractivity contribution < 1.29 is 4.74 Å². The summed E-state index contributed by atoms with van der Waals surface area (Å²) in [7, 11) is 1.71. The van der Waals surface area contributed by atoms with E-state index >= 15 is 0 Å². The number of nitrogen functional groups attached to an aromatic ring is 1. The van der Waals surface area contributed by atoms with Gasteiger partial charge in [-0.3, -0.25) is 0 Å². The Morgan fingerprint density at radius 3 is 2.22 bits per heavy atom. The summed E-state index contributed by atoms with van der Waals surface area (Å²) in [5.74, 6) is 1.58. The molecular formula is C13H22IN3O. The molecule has 0 spiro atoms.